The van der Waals surface area contributed by atoms with Crippen molar-refractivity contribution in [2.24, 2.45) is 0 Å². The monoisotopic (exact) mass is 222 g/mol. The molecular formula is C13H18O3. The third-order valence-electron chi connectivity index (χ3n) is 2.37. The molecule has 3 heteroatoms. The number of hydrogen-bond acceptors (Lipinski definition) is 3. The van der Waals surface area contributed by atoms with E-state index in [1.54, 1.807) is 0 Å². The lowest BCUT2D eigenvalue weighted by Crippen LogP contribution is -2.28. The molecule has 0 fully saturated rings. The summed E-state index contributed by atoms with van der Waals surface area (Å²) in [7, 11) is 1.38. The van der Waals surface area contributed by atoms with Gasteiger partial charge in [-0.15, -0.1) is 0 Å². The van der Waals surface area contributed by atoms with Gasteiger partial charge in [-0.05, 0) is 19.4 Å². The summed E-state index contributed by atoms with van der Waals surface area (Å²) >= 11 is 0. The Morgan fingerprint density at radius 2 is 1.94 bits per heavy atom. The molecule has 88 valence electrons. The second kappa shape index (κ2) is 6.28. The zero-order valence-electron chi connectivity index (χ0n) is 10.0. The van der Waals surface area contributed by atoms with Gasteiger partial charge in [-0.25, -0.2) is 4.79 Å². The molecule has 0 amide bonds. The van der Waals surface area contributed by atoms with Gasteiger partial charge in [0.1, 0.15) is 0 Å². The van der Waals surface area contributed by atoms with Crippen LogP contribution in [0.2, 0.25) is 0 Å². The molecule has 0 aliphatic heterocycles. The van der Waals surface area contributed by atoms with Crippen molar-refractivity contribution in [3.05, 3.63) is 35.4 Å². The van der Waals surface area contributed by atoms with Crippen molar-refractivity contribution in [3.8, 4) is 0 Å². The summed E-state index contributed by atoms with van der Waals surface area (Å²) < 4.78 is 10.1. The normalized spacial score (nSPS) is 12.2. The largest absolute Gasteiger partial charge is 0.467 e. The lowest BCUT2D eigenvalue weighted by molar-refractivity contribution is -0.153. The van der Waals surface area contributed by atoms with Crippen molar-refractivity contribution in [2.75, 3.05) is 13.7 Å². The first-order valence-corrected chi connectivity index (χ1v) is 5.42. The standard InChI is InChI=1S/C13H18O3/c1-4-16-12(13(14)15-3)9-11-7-5-10(2)6-8-11/h5-8,12H,4,9H2,1-3H3. The summed E-state index contributed by atoms with van der Waals surface area (Å²) in [5.74, 6) is -0.317. The molecule has 1 unspecified atom stereocenters. The van der Waals surface area contributed by atoms with E-state index in [4.69, 9.17) is 9.47 Å². The number of rotatable bonds is 5. The molecule has 3 nitrogen and oxygen atoms in total. The van der Waals surface area contributed by atoms with Crippen LogP contribution < -0.4 is 0 Å². The summed E-state index contributed by atoms with van der Waals surface area (Å²) in [6.45, 7) is 4.40. The van der Waals surface area contributed by atoms with E-state index in [-0.39, 0.29) is 5.97 Å². The topological polar surface area (TPSA) is 35.5 Å². The Kier molecular flexibility index (Phi) is 4.99. The van der Waals surface area contributed by atoms with Crippen LogP contribution in [0.25, 0.3) is 0 Å². The highest BCUT2D eigenvalue weighted by Gasteiger charge is 2.19. The molecule has 0 heterocycles. The fraction of sp³-hybridized carbons (Fsp3) is 0.462. The van der Waals surface area contributed by atoms with Crippen LogP contribution in [-0.2, 0) is 20.7 Å². The lowest BCUT2D eigenvalue weighted by Gasteiger charge is -2.14. The number of carbonyl (C=O) groups is 1. The molecule has 0 aromatic heterocycles. The molecule has 1 aromatic carbocycles. The zero-order valence-corrected chi connectivity index (χ0v) is 10.0. The summed E-state index contributed by atoms with van der Waals surface area (Å²) in [5.41, 5.74) is 2.28. The molecule has 0 aliphatic carbocycles. The number of ether oxygens (including phenoxy) is 2. The van der Waals surface area contributed by atoms with Crippen molar-refractivity contribution < 1.29 is 14.3 Å². The van der Waals surface area contributed by atoms with Gasteiger partial charge in [-0.1, -0.05) is 29.8 Å². The summed E-state index contributed by atoms with van der Waals surface area (Å²) in [6.07, 6.45) is 0.0542. The minimum Gasteiger partial charge on any atom is -0.467 e. The molecule has 0 bridgehead atoms. The van der Waals surface area contributed by atoms with Gasteiger partial charge >= 0.3 is 5.97 Å². The quantitative estimate of drug-likeness (QED) is 0.716. The molecule has 0 saturated heterocycles. The van der Waals surface area contributed by atoms with E-state index in [9.17, 15) is 4.79 Å². The molecule has 0 radical (unpaired) electrons. The molecule has 0 aliphatic rings. The third-order valence-corrected chi connectivity index (χ3v) is 2.37. The number of hydrogen-bond donors (Lipinski definition) is 0. The third kappa shape index (κ3) is 3.66. The van der Waals surface area contributed by atoms with Crippen LogP contribution >= 0.6 is 0 Å². The Morgan fingerprint density at radius 3 is 2.44 bits per heavy atom. The molecule has 0 N–H and O–H groups in total. The highest BCUT2D eigenvalue weighted by Crippen LogP contribution is 2.09. The highest BCUT2D eigenvalue weighted by molar-refractivity contribution is 5.74. The van der Waals surface area contributed by atoms with Crippen LogP contribution in [-0.4, -0.2) is 25.8 Å². The number of carbonyl (C=O) groups excluding carboxylic acids is 1. The van der Waals surface area contributed by atoms with Gasteiger partial charge in [0.05, 0.1) is 7.11 Å². The number of benzene rings is 1. The van der Waals surface area contributed by atoms with Crippen molar-refractivity contribution in [3.63, 3.8) is 0 Å². The molecule has 1 rings (SSSR count). The highest BCUT2D eigenvalue weighted by atomic mass is 16.6. The predicted molar refractivity (Wildman–Crippen MR) is 62.3 cm³/mol. The van der Waals surface area contributed by atoms with Crippen molar-refractivity contribution >= 4 is 5.97 Å². The first-order valence-electron chi connectivity index (χ1n) is 5.42. The minimum absolute atomic E-state index is 0.317. The van der Waals surface area contributed by atoms with Crippen LogP contribution in [0, 0.1) is 6.92 Å². The molecule has 1 atom stereocenters. The summed E-state index contributed by atoms with van der Waals surface area (Å²) in [4.78, 5) is 11.4. The average Bonchev–Trinajstić information content (AvgIpc) is 2.30. The Bertz CT molecular complexity index is 330. The van der Waals surface area contributed by atoms with Crippen LogP contribution in [0.5, 0.6) is 0 Å². The Balaban J connectivity index is 2.67. The van der Waals surface area contributed by atoms with Crippen LogP contribution in [0.4, 0.5) is 0 Å². The minimum atomic E-state index is -0.502. The van der Waals surface area contributed by atoms with E-state index in [1.807, 2.05) is 38.1 Å². The second-order valence-electron chi connectivity index (χ2n) is 3.66. The van der Waals surface area contributed by atoms with Crippen LogP contribution in [0.15, 0.2) is 24.3 Å². The maximum absolute atomic E-state index is 11.4. The van der Waals surface area contributed by atoms with Gasteiger partial charge in [0.25, 0.3) is 0 Å². The molecule has 0 saturated carbocycles. The summed E-state index contributed by atoms with van der Waals surface area (Å²) in [6, 6.07) is 8.06. The molecule has 16 heavy (non-hydrogen) atoms. The first-order chi connectivity index (χ1) is 7.67. The Labute approximate surface area is 96.4 Å². The van der Waals surface area contributed by atoms with Crippen molar-refractivity contribution in [1.29, 1.82) is 0 Å². The summed E-state index contributed by atoms with van der Waals surface area (Å²) in [5, 5.41) is 0. The van der Waals surface area contributed by atoms with E-state index < -0.39 is 6.10 Å². The van der Waals surface area contributed by atoms with Gasteiger partial charge in [0.15, 0.2) is 6.10 Å². The van der Waals surface area contributed by atoms with E-state index in [0.717, 1.165) is 5.56 Å². The molecule has 0 spiro atoms. The van der Waals surface area contributed by atoms with E-state index >= 15 is 0 Å². The van der Waals surface area contributed by atoms with Gasteiger partial charge < -0.3 is 9.47 Å². The number of esters is 1. The fourth-order valence-corrected chi connectivity index (χ4v) is 1.48. The SMILES string of the molecule is CCOC(Cc1ccc(C)cc1)C(=O)OC. The first kappa shape index (κ1) is 12.7. The molecule has 1 aromatic rings. The predicted octanol–water partition coefficient (Wildman–Crippen LogP) is 2.12. The van der Waals surface area contributed by atoms with Crippen molar-refractivity contribution in [1.82, 2.24) is 0 Å². The van der Waals surface area contributed by atoms with E-state index in [1.165, 1.54) is 12.7 Å². The van der Waals surface area contributed by atoms with E-state index in [2.05, 4.69) is 0 Å². The Morgan fingerprint density at radius 1 is 1.31 bits per heavy atom. The zero-order chi connectivity index (χ0) is 12.0. The fourth-order valence-electron chi connectivity index (χ4n) is 1.48. The van der Waals surface area contributed by atoms with Gasteiger partial charge in [-0.2, -0.15) is 0 Å². The second-order valence-corrected chi connectivity index (χ2v) is 3.66. The Hall–Kier alpha value is -1.35. The van der Waals surface area contributed by atoms with Gasteiger partial charge in [0, 0.05) is 13.0 Å². The van der Waals surface area contributed by atoms with Gasteiger partial charge in [-0.3, -0.25) is 0 Å². The average molecular weight is 222 g/mol. The smallest absolute Gasteiger partial charge is 0.335 e. The maximum Gasteiger partial charge on any atom is 0.335 e. The van der Waals surface area contributed by atoms with Gasteiger partial charge in [0.2, 0.25) is 0 Å². The van der Waals surface area contributed by atoms with Crippen LogP contribution in [0.3, 0.4) is 0 Å². The number of aryl methyl sites for hydroxylation is 1. The van der Waals surface area contributed by atoms with Crippen LogP contribution in [0.1, 0.15) is 18.1 Å². The number of methoxy groups -OCH3 is 1. The van der Waals surface area contributed by atoms with E-state index in [0.29, 0.717) is 13.0 Å². The maximum atomic E-state index is 11.4. The van der Waals surface area contributed by atoms with Crippen molar-refractivity contribution in [2.45, 2.75) is 26.4 Å². The lowest BCUT2D eigenvalue weighted by atomic mass is 10.1. The molecular weight excluding hydrogens is 204 g/mol.